The average Bonchev–Trinajstić information content (AvgIpc) is 3.24. The van der Waals surface area contributed by atoms with E-state index in [4.69, 9.17) is 26.8 Å². The van der Waals surface area contributed by atoms with Gasteiger partial charge in [0.2, 0.25) is 10.0 Å². The van der Waals surface area contributed by atoms with Gasteiger partial charge in [0.15, 0.2) is 0 Å². The van der Waals surface area contributed by atoms with E-state index in [1.54, 1.807) is 12.1 Å². The van der Waals surface area contributed by atoms with Crippen LogP contribution < -0.4 is 15.2 Å². The van der Waals surface area contributed by atoms with Crippen LogP contribution >= 0.6 is 11.6 Å². The highest BCUT2D eigenvalue weighted by Crippen LogP contribution is 2.31. The molecule has 3 unspecified atom stereocenters. The van der Waals surface area contributed by atoms with Gasteiger partial charge < -0.3 is 15.2 Å². The van der Waals surface area contributed by atoms with E-state index in [-0.39, 0.29) is 22.8 Å². The largest absolute Gasteiger partial charge is 0.492 e. The van der Waals surface area contributed by atoms with Crippen LogP contribution in [0.4, 0.5) is 0 Å². The molecule has 0 aromatic heterocycles. The first-order chi connectivity index (χ1) is 12.0. The summed E-state index contributed by atoms with van der Waals surface area (Å²) in [7, 11) is -3.73. The SMILES string of the molecule is NCC1CCCC1NS(=O)(=O)c1cc(Cl)ccc1OCC1CCOC1. The number of hydrogen-bond acceptors (Lipinski definition) is 5. The predicted molar refractivity (Wildman–Crippen MR) is 96.4 cm³/mol. The number of halogens is 1. The highest BCUT2D eigenvalue weighted by atomic mass is 35.5. The lowest BCUT2D eigenvalue weighted by Crippen LogP contribution is -2.40. The summed E-state index contributed by atoms with van der Waals surface area (Å²) in [6.45, 7) is 2.28. The van der Waals surface area contributed by atoms with Crippen molar-refractivity contribution < 1.29 is 17.9 Å². The lowest BCUT2D eigenvalue weighted by molar-refractivity contribution is 0.166. The van der Waals surface area contributed by atoms with Crippen LogP contribution in [-0.2, 0) is 14.8 Å². The molecule has 1 saturated heterocycles. The van der Waals surface area contributed by atoms with Gasteiger partial charge in [0.25, 0.3) is 0 Å². The fraction of sp³-hybridized carbons (Fsp3) is 0.647. The lowest BCUT2D eigenvalue weighted by Gasteiger charge is -2.21. The van der Waals surface area contributed by atoms with Gasteiger partial charge in [-0.15, -0.1) is 0 Å². The van der Waals surface area contributed by atoms with Crippen LogP contribution in [0.3, 0.4) is 0 Å². The van der Waals surface area contributed by atoms with Crippen LogP contribution in [0.15, 0.2) is 23.1 Å². The molecule has 2 fully saturated rings. The van der Waals surface area contributed by atoms with E-state index in [1.165, 1.54) is 6.07 Å². The van der Waals surface area contributed by atoms with Crippen molar-refractivity contribution in [3.05, 3.63) is 23.2 Å². The Bertz CT molecular complexity index is 692. The van der Waals surface area contributed by atoms with Gasteiger partial charge in [-0.05, 0) is 49.9 Å². The van der Waals surface area contributed by atoms with Gasteiger partial charge in [-0.2, -0.15) is 0 Å². The Balaban J connectivity index is 1.77. The minimum Gasteiger partial charge on any atom is -0.492 e. The molecule has 1 heterocycles. The highest BCUT2D eigenvalue weighted by molar-refractivity contribution is 7.89. The maximum absolute atomic E-state index is 12.9. The van der Waals surface area contributed by atoms with Crippen LogP contribution in [0.5, 0.6) is 5.75 Å². The topological polar surface area (TPSA) is 90.7 Å². The summed E-state index contributed by atoms with van der Waals surface area (Å²) in [6, 6.07) is 4.56. The monoisotopic (exact) mass is 388 g/mol. The van der Waals surface area contributed by atoms with Crippen molar-refractivity contribution in [2.45, 2.75) is 36.6 Å². The van der Waals surface area contributed by atoms with Crippen LogP contribution in [0, 0.1) is 11.8 Å². The van der Waals surface area contributed by atoms with E-state index < -0.39 is 10.0 Å². The van der Waals surface area contributed by atoms with E-state index in [0.717, 1.165) is 32.3 Å². The van der Waals surface area contributed by atoms with Crippen molar-refractivity contribution in [1.29, 1.82) is 0 Å². The molecule has 1 aliphatic carbocycles. The Hall–Kier alpha value is -0.860. The van der Waals surface area contributed by atoms with Crippen molar-refractivity contribution in [3.63, 3.8) is 0 Å². The van der Waals surface area contributed by atoms with Crippen LogP contribution in [0.25, 0.3) is 0 Å². The van der Waals surface area contributed by atoms with Gasteiger partial charge in [-0.25, -0.2) is 13.1 Å². The number of sulfonamides is 1. The molecular formula is C17H25ClN2O4S. The maximum Gasteiger partial charge on any atom is 0.244 e. The van der Waals surface area contributed by atoms with E-state index >= 15 is 0 Å². The predicted octanol–water partition coefficient (Wildman–Crippen LogP) is 2.16. The van der Waals surface area contributed by atoms with Crippen LogP contribution in [0.1, 0.15) is 25.7 Å². The van der Waals surface area contributed by atoms with E-state index in [9.17, 15) is 8.42 Å². The van der Waals surface area contributed by atoms with Gasteiger partial charge >= 0.3 is 0 Å². The quantitative estimate of drug-likeness (QED) is 0.746. The van der Waals surface area contributed by atoms with Gasteiger partial charge in [0.1, 0.15) is 10.6 Å². The first kappa shape index (κ1) is 18.9. The Morgan fingerprint density at radius 2 is 2.16 bits per heavy atom. The van der Waals surface area contributed by atoms with E-state index in [0.29, 0.717) is 30.5 Å². The number of benzene rings is 1. The molecule has 3 rings (SSSR count). The summed E-state index contributed by atoms with van der Waals surface area (Å²) in [5.41, 5.74) is 5.76. The van der Waals surface area contributed by atoms with Crippen LogP contribution in [-0.4, -0.2) is 40.8 Å². The lowest BCUT2D eigenvalue weighted by atomic mass is 10.1. The molecule has 1 aromatic carbocycles. The second-order valence-electron chi connectivity index (χ2n) is 6.79. The summed E-state index contributed by atoms with van der Waals surface area (Å²) >= 11 is 6.03. The van der Waals surface area contributed by atoms with Gasteiger partial charge in [-0.1, -0.05) is 18.0 Å². The number of ether oxygens (including phenoxy) is 2. The molecule has 1 aliphatic heterocycles. The molecule has 2 aliphatic rings. The summed E-state index contributed by atoms with van der Waals surface area (Å²) in [5, 5.41) is 0.360. The smallest absolute Gasteiger partial charge is 0.244 e. The summed E-state index contributed by atoms with van der Waals surface area (Å²) in [4.78, 5) is 0.0848. The second-order valence-corrected chi connectivity index (χ2v) is 8.90. The zero-order chi connectivity index (χ0) is 17.9. The first-order valence-corrected chi connectivity index (χ1v) is 10.6. The molecule has 1 saturated carbocycles. The van der Waals surface area contributed by atoms with Crippen molar-refractivity contribution in [2.75, 3.05) is 26.4 Å². The second kappa shape index (κ2) is 8.22. The van der Waals surface area contributed by atoms with Crippen molar-refractivity contribution in [2.24, 2.45) is 17.6 Å². The van der Waals surface area contributed by atoms with E-state index in [2.05, 4.69) is 4.72 Å². The minimum absolute atomic E-state index is 0.0848. The molecule has 0 bridgehead atoms. The normalized spacial score (nSPS) is 26.9. The average molecular weight is 389 g/mol. The summed E-state index contributed by atoms with van der Waals surface area (Å²) in [6.07, 6.45) is 3.66. The third kappa shape index (κ3) is 4.65. The molecule has 6 nitrogen and oxygen atoms in total. The Kier molecular flexibility index (Phi) is 6.22. The molecule has 140 valence electrons. The zero-order valence-electron chi connectivity index (χ0n) is 14.1. The third-order valence-corrected chi connectivity index (χ3v) is 6.71. The third-order valence-electron chi connectivity index (χ3n) is 4.96. The maximum atomic E-state index is 12.9. The number of nitrogens with one attached hydrogen (secondary N) is 1. The van der Waals surface area contributed by atoms with Crippen LogP contribution in [0.2, 0.25) is 5.02 Å². The molecular weight excluding hydrogens is 364 g/mol. The molecule has 0 spiro atoms. The Morgan fingerprint density at radius 3 is 2.88 bits per heavy atom. The first-order valence-electron chi connectivity index (χ1n) is 8.72. The molecule has 3 N–H and O–H groups in total. The highest BCUT2D eigenvalue weighted by Gasteiger charge is 2.32. The fourth-order valence-corrected chi connectivity index (χ4v) is 5.22. The number of rotatable bonds is 7. The summed E-state index contributed by atoms with van der Waals surface area (Å²) < 4.78 is 39.7. The van der Waals surface area contributed by atoms with Gasteiger partial charge in [0.05, 0.1) is 13.2 Å². The molecule has 0 radical (unpaired) electrons. The van der Waals surface area contributed by atoms with E-state index in [1.807, 2.05) is 0 Å². The van der Waals surface area contributed by atoms with Gasteiger partial charge in [-0.3, -0.25) is 0 Å². The Labute approximate surface area is 154 Å². The standard InChI is InChI=1S/C17H25ClN2O4S/c18-14-4-5-16(24-11-12-6-7-23-10-12)17(8-14)25(21,22)20-15-3-1-2-13(15)9-19/h4-5,8,12-13,15,20H,1-3,6-7,9-11,19H2. The van der Waals surface area contributed by atoms with Crippen molar-refractivity contribution in [1.82, 2.24) is 4.72 Å². The molecule has 8 heteroatoms. The molecule has 0 amide bonds. The minimum atomic E-state index is -3.73. The molecule has 25 heavy (non-hydrogen) atoms. The number of hydrogen-bond donors (Lipinski definition) is 2. The van der Waals surface area contributed by atoms with Gasteiger partial charge in [0, 0.05) is 23.6 Å². The van der Waals surface area contributed by atoms with Crippen molar-refractivity contribution >= 4 is 21.6 Å². The Morgan fingerprint density at radius 1 is 1.32 bits per heavy atom. The molecule has 1 aromatic rings. The molecule has 3 atom stereocenters. The fourth-order valence-electron chi connectivity index (χ4n) is 3.47. The van der Waals surface area contributed by atoms with Crippen molar-refractivity contribution in [3.8, 4) is 5.75 Å². The summed E-state index contributed by atoms with van der Waals surface area (Å²) in [5.74, 6) is 0.788. The zero-order valence-corrected chi connectivity index (χ0v) is 15.7. The number of nitrogens with two attached hydrogens (primary N) is 1.